The molecule has 1 amide bonds. The highest BCUT2D eigenvalue weighted by molar-refractivity contribution is 6.04. The zero-order valence-electron chi connectivity index (χ0n) is 11.2. The average Bonchev–Trinajstić information content (AvgIpc) is 2.47. The zero-order chi connectivity index (χ0) is 14.5. The minimum Gasteiger partial charge on any atom is -0.326 e. The highest BCUT2D eigenvalue weighted by Crippen LogP contribution is 2.12. The Labute approximate surface area is 117 Å². The van der Waals surface area contributed by atoms with Crippen LogP contribution in [0.15, 0.2) is 48.5 Å². The van der Waals surface area contributed by atoms with Crippen LogP contribution in [0.1, 0.15) is 33.2 Å². The third kappa shape index (κ3) is 3.30. The fourth-order valence-corrected chi connectivity index (χ4v) is 1.83. The summed E-state index contributed by atoms with van der Waals surface area (Å²) in [4.78, 5) is 23.3. The number of hydrogen-bond acceptors (Lipinski definition) is 3. The van der Waals surface area contributed by atoms with Gasteiger partial charge in [0.05, 0.1) is 0 Å². The Balaban J connectivity index is 2.12. The van der Waals surface area contributed by atoms with Gasteiger partial charge in [0.2, 0.25) is 0 Å². The summed E-state index contributed by atoms with van der Waals surface area (Å²) >= 11 is 0. The molecule has 2 rings (SSSR count). The second kappa shape index (κ2) is 6.12. The van der Waals surface area contributed by atoms with Gasteiger partial charge in [-0.2, -0.15) is 0 Å². The maximum atomic E-state index is 12.1. The fourth-order valence-electron chi connectivity index (χ4n) is 1.83. The van der Waals surface area contributed by atoms with Crippen molar-refractivity contribution in [2.75, 3.05) is 5.32 Å². The number of hydrogen-bond donors (Lipinski definition) is 2. The van der Waals surface area contributed by atoms with E-state index in [9.17, 15) is 9.59 Å². The number of anilines is 1. The molecule has 0 saturated heterocycles. The van der Waals surface area contributed by atoms with Gasteiger partial charge in [-0.3, -0.25) is 9.59 Å². The molecule has 0 fully saturated rings. The number of carbonyl (C=O) groups is 2. The van der Waals surface area contributed by atoms with Crippen LogP contribution < -0.4 is 11.1 Å². The van der Waals surface area contributed by atoms with Crippen LogP contribution in [0.5, 0.6) is 0 Å². The smallest absolute Gasteiger partial charge is 0.255 e. The van der Waals surface area contributed by atoms with Gasteiger partial charge in [0.25, 0.3) is 5.91 Å². The van der Waals surface area contributed by atoms with Gasteiger partial charge in [-0.25, -0.2) is 0 Å². The molecular weight excluding hydrogens is 252 g/mol. The van der Waals surface area contributed by atoms with Crippen molar-refractivity contribution in [3.63, 3.8) is 0 Å². The lowest BCUT2D eigenvalue weighted by atomic mass is 10.1. The van der Waals surface area contributed by atoms with E-state index in [1.807, 2.05) is 6.07 Å². The number of ketones is 1. The predicted octanol–water partition coefficient (Wildman–Crippen LogP) is 2.60. The van der Waals surface area contributed by atoms with Gasteiger partial charge >= 0.3 is 0 Å². The first-order valence-electron chi connectivity index (χ1n) is 6.31. The Morgan fingerprint density at radius 1 is 1.05 bits per heavy atom. The van der Waals surface area contributed by atoms with Crippen molar-refractivity contribution in [3.8, 4) is 0 Å². The van der Waals surface area contributed by atoms with Crippen LogP contribution in [0.3, 0.4) is 0 Å². The van der Waals surface area contributed by atoms with Gasteiger partial charge in [0.15, 0.2) is 5.78 Å². The predicted molar refractivity (Wildman–Crippen MR) is 78.7 cm³/mol. The molecule has 0 atom stereocenters. The Morgan fingerprint density at radius 2 is 1.75 bits per heavy atom. The fraction of sp³-hybridized carbons (Fsp3) is 0.125. The normalized spacial score (nSPS) is 10.1. The van der Waals surface area contributed by atoms with Crippen LogP contribution in [-0.2, 0) is 6.54 Å². The van der Waals surface area contributed by atoms with Crippen LogP contribution in [-0.4, -0.2) is 11.7 Å². The van der Waals surface area contributed by atoms with E-state index >= 15 is 0 Å². The van der Waals surface area contributed by atoms with Crippen LogP contribution in [0.2, 0.25) is 0 Å². The monoisotopic (exact) mass is 268 g/mol. The van der Waals surface area contributed by atoms with Gasteiger partial charge in [-0.15, -0.1) is 0 Å². The minimum absolute atomic E-state index is 0.00137. The third-order valence-corrected chi connectivity index (χ3v) is 2.97. The first-order valence-corrected chi connectivity index (χ1v) is 6.31. The van der Waals surface area contributed by atoms with Crippen molar-refractivity contribution in [2.24, 2.45) is 5.73 Å². The van der Waals surface area contributed by atoms with Gasteiger partial charge in [0, 0.05) is 23.4 Å². The Bertz CT molecular complexity index is 633. The summed E-state index contributed by atoms with van der Waals surface area (Å²) in [5.74, 6) is -0.200. The van der Waals surface area contributed by atoms with Crippen molar-refractivity contribution in [3.05, 3.63) is 65.2 Å². The standard InChI is InChI=1S/C16H16N2O2/c1-11(19)13-5-7-15(8-6-13)18-16(20)14-4-2-3-12(9-14)10-17/h2-9H,10,17H2,1H3,(H,18,20). The largest absolute Gasteiger partial charge is 0.326 e. The highest BCUT2D eigenvalue weighted by atomic mass is 16.1. The van der Waals surface area contributed by atoms with Crippen LogP contribution >= 0.6 is 0 Å². The summed E-state index contributed by atoms with van der Waals surface area (Å²) in [6, 6.07) is 14.0. The lowest BCUT2D eigenvalue weighted by molar-refractivity contribution is 0.101. The van der Waals surface area contributed by atoms with E-state index < -0.39 is 0 Å². The SMILES string of the molecule is CC(=O)c1ccc(NC(=O)c2cccc(CN)c2)cc1. The second-order valence-electron chi connectivity index (χ2n) is 4.49. The molecule has 0 spiro atoms. The van der Waals surface area contributed by atoms with Gasteiger partial charge in [-0.1, -0.05) is 12.1 Å². The summed E-state index contributed by atoms with van der Waals surface area (Å²) < 4.78 is 0. The van der Waals surface area contributed by atoms with E-state index in [1.54, 1.807) is 42.5 Å². The molecule has 4 nitrogen and oxygen atoms in total. The van der Waals surface area contributed by atoms with Crippen molar-refractivity contribution >= 4 is 17.4 Å². The second-order valence-corrected chi connectivity index (χ2v) is 4.49. The van der Waals surface area contributed by atoms with Crippen molar-refractivity contribution in [1.29, 1.82) is 0 Å². The quantitative estimate of drug-likeness (QED) is 0.837. The molecule has 20 heavy (non-hydrogen) atoms. The topological polar surface area (TPSA) is 72.2 Å². The highest BCUT2D eigenvalue weighted by Gasteiger charge is 2.07. The lowest BCUT2D eigenvalue weighted by Gasteiger charge is -2.07. The molecule has 4 heteroatoms. The molecule has 0 aliphatic rings. The van der Waals surface area contributed by atoms with Gasteiger partial charge < -0.3 is 11.1 Å². The van der Waals surface area contributed by atoms with Crippen molar-refractivity contribution in [2.45, 2.75) is 13.5 Å². The maximum absolute atomic E-state index is 12.1. The van der Waals surface area contributed by atoms with Crippen molar-refractivity contribution in [1.82, 2.24) is 0 Å². The molecule has 102 valence electrons. The number of benzene rings is 2. The molecule has 0 aliphatic heterocycles. The third-order valence-electron chi connectivity index (χ3n) is 2.97. The van der Waals surface area contributed by atoms with E-state index in [0.29, 0.717) is 23.4 Å². The van der Waals surface area contributed by atoms with Crippen LogP contribution in [0.4, 0.5) is 5.69 Å². The van der Waals surface area contributed by atoms with Gasteiger partial charge in [-0.05, 0) is 48.9 Å². The molecule has 0 heterocycles. The number of amides is 1. The Kier molecular flexibility index (Phi) is 4.27. The molecule has 0 saturated carbocycles. The first kappa shape index (κ1) is 14.0. The van der Waals surface area contributed by atoms with E-state index in [-0.39, 0.29) is 11.7 Å². The molecule has 0 aromatic heterocycles. The molecule has 0 unspecified atom stereocenters. The van der Waals surface area contributed by atoms with Crippen LogP contribution in [0.25, 0.3) is 0 Å². The average molecular weight is 268 g/mol. The number of carbonyl (C=O) groups excluding carboxylic acids is 2. The zero-order valence-corrected chi connectivity index (χ0v) is 11.2. The lowest BCUT2D eigenvalue weighted by Crippen LogP contribution is -2.12. The molecule has 3 N–H and O–H groups in total. The number of nitrogens with two attached hydrogens (primary N) is 1. The summed E-state index contributed by atoms with van der Waals surface area (Å²) in [5.41, 5.74) is 8.29. The van der Waals surface area contributed by atoms with E-state index in [0.717, 1.165) is 5.56 Å². The molecule has 0 aliphatic carbocycles. The molecule has 0 bridgehead atoms. The molecule has 2 aromatic carbocycles. The van der Waals surface area contributed by atoms with E-state index in [1.165, 1.54) is 6.92 Å². The first-order chi connectivity index (χ1) is 9.60. The Morgan fingerprint density at radius 3 is 2.35 bits per heavy atom. The minimum atomic E-state index is -0.198. The number of nitrogens with one attached hydrogen (secondary N) is 1. The molecular formula is C16H16N2O2. The molecule has 2 aromatic rings. The summed E-state index contributed by atoms with van der Waals surface area (Å²) in [7, 11) is 0. The summed E-state index contributed by atoms with van der Waals surface area (Å²) in [5, 5.41) is 2.78. The van der Waals surface area contributed by atoms with E-state index in [4.69, 9.17) is 5.73 Å². The van der Waals surface area contributed by atoms with E-state index in [2.05, 4.69) is 5.32 Å². The molecule has 0 radical (unpaired) electrons. The summed E-state index contributed by atoms with van der Waals surface area (Å²) in [6.45, 7) is 1.90. The number of Topliss-reactive ketones (excluding diaryl/α,β-unsaturated/α-hetero) is 1. The summed E-state index contributed by atoms with van der Waals surface area (Å²) in [6.07, 6.45) is 0. The van der Waals surface area contributed by atoms with Gasteiger partial charge in [0.1, 0.15) is 0 Å². The van der Waals surface area contributed by atoms with Crippen molar-refractivity contribution < 1.29 is 9.59 Å². The number of rotatable bonds is 4. The van der Waals surface area contributed by atoms with Crippen LogP contribution in [0, 0.1) is 0 Å². The Hall–Kier alpha value is -2.46. The maximum Gasteiger partial charge on any atom is 0.255 e.